The van der Waals surface area contributed by atoms with Gasteiger partial charge < -0.3 is 0 Å². The summed E-state index contributed by atoms with van der Waals surface area (Å²) in [4.78, 5) is 21.4. The Morgan fingerprint density at radius 3 is 2.21 bits per heavy atom. The molecule has 6 heteroatoms. The number of anilines is 1. The zero-order valence-corrected chi connectivity index (χ0v) is 15.0. The van der Waals surface area contributed by atoms with E-state index in [9.17, 15) is 4.79 Å². The lowest BCUT2D eigenvalue weighted by Crippen LogP contribution is -2.32. The lowest BCUT2D eigenvalue weighted by atomic mass is 10.0. The van der Waals surface area contributed by atoms with Crippen LogP contribution in [0.3, 0.4) is 0 Å². The quantitative estimate of drug-likeness (QED) is 0.575. The Hall–Kier alpha value is -2.21. The number of para-hydroxylation sites is 1. The lowest BCUT2D eigenvalue weighted by Gasteiger charge is -2.18. The van der Waals surface area contributed by atoms with Gasteiger partial charge in [0.2, 0.25) is 5.95 Å². The monoisotopic (exact) mass is 329 g/mol. The maximum atomic E-state index is 12.7. The van der Waals surface area contributed by atoms with Crippen LogP contribution >= 0.6 is 0 Å². The summed E-state index contributed by atoms with van der Waals surface area (Å²) >= 11 is 0. The molecule has 0 aliphatic carbocycles. The zero-order valence-electron chi connectivity index (χ0n) is 15.0. The van der Waals surface area contributed by atoms with Crippen LogP contribution in [0.25, 0.3) is 5.69 Å². The lowest BCUT2D eigenvalue weighted by molar-refractivity contribution is 0.718. The maximum Gasteiger partial charge on any atom is 0.356 e. The van der Waals surface area contributed by atoms with Gasteiger partial charge in [-0.15, -0.1) is 0 Å². The second-order valence-corrected chi connectivity index (χ2v) is 5.62. The largest absolute Gasteiger partial charge is 0.356 e. The van der Waals surface area contributed by atoms with Crippen LogP contribution in [0.1, 0.15) is 51.1 Å². The summed E-state index contributed by atoms with van der Waals surface area (Å²) in [6.07, 6.45) is 3.35. The van der Waals surface area contributed by atoms with Crippen molar-refractivity contribution in [3.8, 4) is 5.69 Å². The summed E-state index contributed by atoms with van der Waals surface area (Å²) in [6.45, 7) is 9.05. The fourth-order valence-electron chi connectivity index (χ4n) is 2.73. The van der Waals surface area contributed by atoms with Gasteiger partial charge in [0.05, 0.1) is 5.69 Å². The third-order valence-electron chi connectivity index (χ3n) is 3.97. The van der Waals surface area contributed by atoms with Crippen molar-refractivity contribution in [2.75, 3.05) is 12.0 Å². The van der Waals surface area contributed by atoms with Crippen LogP contribution in [-0.2, 0) is 19.3 Å². The molecule has 0 amide bonds. The van der Waals surface area contributed by atoms with Gasteiger partial charge in [-0.25, -0.2) is 14.8 Å². The molecule has 2 rings (SSSR count). The highest BCUT2D eigenvalue weighted by Gasteiger charge is 2.16. The third kappa shape index (κ3) is 3.82. The number of aryl methyl sites for hydroxylation is 3. The van der Waals surface area contributed by atoms with Gasteiger partial charge in [0.1, 0.15) is 5.82 Å². The van der Waals surface area contributed by atoms with E-state index < -0.39 is 0 Å². The average molecular weight is 329 g/mol. The Kier molecular flexibility index (Phi) is 6.49. The van der Waals surface area contributed by atoms with Crippen molar-refractivity contribution >= 4 is 5.95 Å². The summed E-state index contributed by atoms with van der Waals surface area (Å²) < 4.78 is 1.67. The Labute approximate surface area is 143 Å². The molecular formula is C18H27N5O. The third-order valence-corrected chi connectivity index (χ3v) is 3.97. The number of hydrogen-bond donors (Lipinski definition) is 2. The molecule has 0 saturated carbocycles. The van der Waals surface area contributed by atoms with Crippen molar-refractivity contribution in [1.82, 2.24) is 20.0 Å². The smallest absolute Gasteiger partial charge is 0.289 e. The van der Waals surface area contributed by atoms with Crippen LogP contribution in [0.5, 0.6) is 0 Å². The summed E-state index contributed by atoms with van der Waals surface area (Å²) in [6, 6.07) is 6.17. The van der Waals surface area contributed by atoms with Crippen molar-refractivity contribution in [2.45, 2.75) is 53.4 Å². The molecule has 2 aromatic rings. The van der Waals surface area contributed by atoms with Crippen molar-refractivity contribution in [3.63, 3.8) is 0 Å². The molecule has 0 aliphatic heterocycles. The highest BCUT2D eigenvalue weighted by molar-refractivity contribution is 5.49. The van der Waals surface area contributed by atoms with Gasteiger partial charge in [0.15, 0.2) is 0 Å². The topological polar surface area (TPSA) is 71.8 Å². The second-order valence-electron chi connectivity index (χ2n) is 5.62. The van der Waals surface area contributed by atoms with Crippen LogP contribution in [0.2, 0.25) is 0 Å². The molecule has 0 unspecified atom stereocenters. The van der Waals surface area contributed by atoms with Crippen molar-refractivity contribution < 1.29 is 0 Å². The molecule has 0 atom stereocenters. The van der Waals surface area contributed by atoms with Crippen molar-refractivity contribution in [3.05, 3.63) is 45.6 Å². The molecule has 2 N–H and O–H groups in total. The van der Waals surface area contributed by atoms with E-state index in [2.05, 4.69) is 53.7 Å². The van der Waals surface area contributed by atoms with Gasteiger partial charge in [0, 0.05) is 13.0 Å². The van der Waals surface area contributed by atoms with Crippen molar-refractivity contribution in [1.29, 1.82) is 0 Å². The first-order chi connectivity index (χ1) is 11.7. The number of hydrogen-bond acceptors (Lipinski definition) is 5. The minimum atomic E-state index is -0.293. The fourth-order valence-corrected chi connectivity index (χ4v) is 2.73. The number of hydrazine groups is 1. The molecular weight excluding hydrogens is 302 g/mol. The van der Waals surface area contributed by atoms with E-state index in [1.165, 1.54) is 0 Å². The fraction of sp³-hybridized carbons (Fsp3) is 0.500. The number of rotatable bonds is 8. The highest BCUT2D eigenvalue weighted by atomic mass is 16.1. The van der Waals surface area contributed by atoms with Gasteiger partial charge in [-0.2, -0.15) is 9.97 Å². The molecule has 0 radical (unpaired) electrons. The van der Waals surface area contributed by atoms with Crippen LogP contribution in [0.4, 0.5) is 5.95 Å². The molecule has 0 aliphatic rings. The molecule has 130 valence electrons. The van der Waals surface area contributed by atoms with E-state index in [1.54, 1.807) is 4.57 Å². The first-order valence-electron chi connectivity index (χ1n) is 8.76. The van der Waals surface area contributed by atoms with E-state index >= 15 is 0 Å². The molecule has 0 spiro atoms. The molecule has 1 heterocycles. The van der Waals surface area contributed by atoms with Gasteiger partial charge >= 0.3 is 5.69 Å². The molecule has 0 fully saturated rings. The Morgan fingerprint density at radius 2 is 1.67 bits per heavy atom. The van der Waals surface area contributed by atoms with Gasteiger partial charge in [0.25, 0.3) is 0 Å². The summed E-state index contributed by atoms with van der Waals surface area (Å²) in [5.74, 6) is 1.04. The molecule has 1 aromatic carbocycles. The van der Waals surface area contributed by atoms with Crippen LogP contribution in [-0.4, -0.2) is 21.1 Å². The van der Waals surface area contributed by atoms with E-state index in [0.29, 0.717) is 18.2 Å². The molecule has 0 saturated heterocycles. The summed E-state index contributed by atoms with van der Waals surface area (Å²) in [7, 11) is 0. The van der Waals surface area contributed by atoms with E-state index in [-0.39, 0.29) is 5.69 Å². The highest BCUT2D eigenvalue weighted by Crippen LogP contribution is 2.21. The summed E-state index contributed by atoms with van der Waals surface area (Å²) in [5, 5.41) is 0. The molecule has 0 bridgehead atoms. The minimum absolute atomic E-state index is 0.293. The summed E-state index contributed by atoms with van der Waals surface area (Å²) in [5.41, 5.74) is 8.85. The van der Waals surface area contributed by atoms with Gasteiger partial charge in [-0.1, -0.05) is 45.9 Å². The maximum absolute atomic E-state index is 12.7. The number of nitrogens with one attached hydrogen (secondary N) is 2. The van der Waals surface area contributed by atoms with E-state index in [0.717, 1.165) is 42.6 Å². The van der Waals surface area contributed by atoms with Crippen LogP contribution < -0.4 is 16.5 Å². The van der Waals surface area contributed by atoms with Crippen molar-refractivity contribution in [2.24, 2.45) is 0 Å². The number of benzene rings is 1. The first kappa shape index (κ1) is 18.1. The van der Waals surface area contributed by atoms with Crippen LogP contribution in [0.15, 0.2) is 23.0 Å². The normalized spacial score (nSPS) is 10.8. The Morgan fingerprint density at radius 1 is 1.00 bits per heavy atom. The molecule has 1 aromatic heterocycles. The number of aromatic nitrogens is 3. The standard InChI is InChI=1S/C18H27N5O/c1-5-12-19-22-17-20-15(8-4)23(18(24)21-17)16-13(6-2)10-9-11-14(16)7-3/h9-11,19H,5-8,12H2,1-4H3,(H,21,22,24). The predicted octanol–water partition coefficient (Wildman–Crippen LogP) is 2.64. The Bertz CT molecular complexity index is 716. The van der Waals surface area contributed by atoms with Gasteiger partial charge in [-0.3, -0.25) is 5.43 Å². The second kappa shape index (κ2) is 8.59. The Balaban J connectivity index is 2.57. The number of nitrogens with zero attached hydrogens (tertiary/aromatic N) is 3. The first-order valence-corrected chi connectivity index (χ1v) is 8.76. The molecule has 24 heavy (non-hydrogen) atoms. The predicted molar refractivity (Wildman–Crippen MR) is 97.7 cm³/mol. The minimum Gasteiger partial charge on any atom is -0.289 e. The average Bonchev–Trinajstić information content (AvgIpc) is 2.60. The van der Waals surface area contributed by atoms with Gasteiger partial charge in [-0.05, 0) is 30.4 Å². The van der Waals surface area contributed by atoms with Crippen LogP contribution in [0, 0.1) is 0 Å². The zero-order chi connectivity index (χ0) is 17.5. The molecule has 6 nitrogen and oxygen atoms in total. The van der Waals surface area contributed by atoms with E-state index in [1.807, 2.05) is 13.0 Å². The SMILES string of the molecule is CCCNNc1nc(CC)n(-c2c(CC)cccc2CC)c(=O)n1. The van der Waals surface area contributed by atoms with E-state index in [4.69, 9.17) is 0 Å².